The van der Waals surface area contributed by atoms with Crippen LogP contribution >= 0.6 is 24.2 Å². The summed E-state index contributed by atoms with van der Waals surface area (Å²) in [7, 11) is 0. The van der Waals surface area contributed by atoms with E-state index in [9.17, 15) is 14.4 Å². The minimum Gasteiger partial charge on any atom is -0.340 e. The molecule has 0 bridgehead atoms. The highest BCUT2D eigenvalue weighted by Gasteiger charge is 2.52. The first-order valence-electron chi connectivity index (χ1n) is 9.68. The number of thioether (sulfide) groups is 1. The fourth-order valence-corrected chi connectivity index (χ4v) is 5.29. The molecule has 4 unspecified atom stereocenters. The van der Waals surface area contributed by atoms with Gasteiger partial charge in [-0.2, -0.15) is 11.8 Å². The summed E-state index contributed by atoms with van der Waals surface area (Å²) in [6.45, 7) is 5.31. The first-order valence-corrected chi connectivity index (χ1v) is 11.1. The van der Waals surface area contributed by atoms with Gasteiger partial charge in [-0.05, 0) is 30.9 Å². The third-order valence-corrected chi connectivity index (χ3v) is 7.07. The number of rotatable bonds is 4. The fraction of sp³-hybridized carbons (Fsp3) is 0.842. The summed E-state index contributed by atoms with van der Waals surface area (Å²) in [5, 5.41) is 0. The van der Waals surface area contributed by atoms with Crippen molar-refractivity contribution in [1.29, 1.82) is 0 Å². The zero-order valence-electron chi connectivity index (χ0n) is 16.5. The third kappa shape index (κ3) is 4.15. The van der Waals surface area contributed by atoms with Gasteiger partial charge in [-0.25, -0.2) is 0 Å². The average molecular weight is 418 g/mol. The Bertz CT molecular complexity index is 577. The molecule has 0 radical (unpaired) electrons. The van der Waals surface area contributed by atoms with Crippen molar-refractivity contribution >= 4 is 41.9 Å². The average Bonchev–Trinajstić information content (AvgIpc) is 2.86. The van der Waals surface area contributed by atoms with Crippen LogP contribution in [0.5, 0.6) is 0 Å². The normalized spacial score (nSPS) is 31.3. The minimum atomic E-state index is -0.680. The zero-order chi connectivity index (χ0) is 19.1. The fourth-order valence-electron chi connectivity index (χ4n) is 4.68. The monoisotopic (exact) mass is 417 g/mol. The van der Waals surface area contributed by atoms with E-state index < -0.39 is 6.04 Å². The van der Waals surface area contributed by atoms with Crippen LogP contribution in [0.3, 0.4) is 0 Å². The van der Waals surface area contributed by atoms with E-state index in [0.29, 0.717) is 18.8 Å². The van der Waals surface area contributed by atoms with Crippen molar-refractivity contribution in [2.45, 2.75) is 58.0 Å². The number of carbonyl (C=O) groups is 3. The van der Waals surface area contributed by atoms with Crippen molar-refractivity contribution in [3.05, 3.63) is 0 Å². The molecule has 0 aromatic rings. The van der Waals surface area contributed by atoms with E-state index in [1.165, 1.54) is 16.7 Å². The molecule has 6 nitrogen and oxygen atoms in total. The van der Waals surface area contributed by atoms with E-state index >= 15 is 0 Å². The van der Waals surface area contributed by atoms with Gasteiger partial charge in [0.2, 0.25) is 17.7 Å². The number of nitrogens with zero attached hydrogens (tertiary/aromatic N) is 2. The SMILES string of the molecule is CSCC(C(=O)N1CCC(N)C(C)(C)C1)N1C(=O)C2CCCCC2C1=O.Cl. The lowest BCUT2D eigenvalue weighted by molar-refractivity contribution is -0.152. The van der Waals surface area contributed by atoms with Gasteiger partial charge in [-0.15, -0.1) is 12.4 Å². The van der Waals surface area contributed by atoms with Crippen LogP contribution in [0, 0.1) is 17.3 Å². The largest absolute Gasteiger partial charge is 0.340 e. The molecule has 2 heterocycles. The lowest BCUT2D eigenvalue weighted by atomic mass is 9.79. The van der Waals surface area contributed by atoms with E-state index in [1.54, 1.807) is 0 Å². The number of likely N-dealkylation sites (tertiary alicyclic amines) is 2. The van der Waals surface area contributed by atoms with Crippen LogP contribution in [-0.2, 0) is 14.4 Å². The van der Waals surface area contributed by atoms with Crippen molar-refractivity contribution in [3.8, 4) is 0 Å². The molecule has 2 aliphatic heterocycles. The third-order valence-electron chi connectivity index (χ3n) is 6.42. The second-order valence-corrected chi connectivity index (χ2v) is 9.57. The molecule has 3 rings (SSSR count). The van der Waals surface area contributed by atoms with Gasteiger partial charge in [0.15, 0.2) is 0 Å². The Morgan fingerprint density at radius 2 is 1.74 bits per heavy atom. The second kappa shape index (κ2) is 8.70. The van der Waals surface area contributed by atoms with Gasteiger partial charge in [0, 0.05) is 24.9 Å². The maximum atomic E-state index is 13.3. The van der Waals surface area contributed by atoms with Crippen LogP contribution in [-0.4, -0.2) is 64.7 Å². The lowest BCUT2D eigenvalue weighted by Crippen LogP contribution is -2.59. The van der Waals surface area contributed by atoms with E-state index in [0.717, 1.165) is 32.1 Å². The first-order chi connectivity index (χ1) is 12.3. The van der Waals surface area contributed by atoms with E-state index in [1.807, 2.05) is 11.2 Å². The van der Waals surface area contributed by atoms with Crippen LogP contribution in [0.1, 0.15) is 46.0 Å². The number of imide groups is 1. The molecule has 8 heteroatoms. The number of halogens is 1. The summed E-state index contributed by atoms with van der Waals surface area (Å²) in [6.07, 6.45) is 6.20. The summed E-state index contributed by atoms with van der Waals surface area (Å²) in [5.41, 5.74) is 6.03. The van der Waals surface area contributed by atoms with Crippen molar-refractivity contribution in [1.82, 2.24) is 9.80 Å². The van der Waals surface area contributed by atoms with Crippen molar-refractivity contribution in [2.24, 2.45) is 23.0 Å². The Hall–Kier alpha value is -0.790. The van der Waals surface area contributed by atoms with Crippen molar-refractivity contribution < 1.29 is 14.4 Å². The van der Waals surface area contributed by atoms with Crippen LogP contribution in [0.2, 0.25) is 0 Å². The van der Waals surface area contributed by atoms with E-state index in [2.05, 4.69) is 13.8 Å². The molecule has 0 aromatic carbocycles. The van der Waals surface area contributed by atoms with Crippen LogP contribution in [0.4, 0.5) is 0 Å². The molecule has 0 aromatic heterocycles. The van der Waals surface area contributed by atoms with Crippen molar-refractivity contribution in [3.63, 3.8) is 0 Å². The maximum Gasteiger partial charge on any atom is 0.246 e. The minimum absolute atomic E-state index is 0. The summed E-state index contributed by atoms with van der Waals surface area (Å²) in [4.78, 5) is 42.3. The number of carbonyl (C=O) groups excluding carboxylic acids is 3. The Labute approximate surface area is 172 Å². The quantitative estimate of drug-likeness (QED) is 0.706. The van der Waals surface area contributed by atoms with Gasteiger partial charge in [-0.1, -0.05) is 26.7 Å². The van der Waals surface area contributed by atoms with Gasteiger partial charge >= 0.3 is 0 Å². The number of piperidine rings is 1. The molecule has 0 spiro atoms. The molecule has 27 heavy (non-hydrogen) atoms. The van der Waals surface area contributed by atoms with Crippen LogP contribution in [0.15, 0.2) is 0 Å². The number of fused-ring (bicyclic) bond motifs is 1. The van der Waals surface area contributed by atoms with Crippen LogP contribution < -0.4 is 5.73 Å². The number of hydrogen-bond acceptors (Lipinski definition) is 5. The summed E-state index contributed by atoms with van der Waals surface area (Å²) in [5.74, 6) is -0.308. The number of hydrogen-bond donors (Lipinski definition) is 1. The summed E-state index contributed by atoms with van der Waals surface area (Å²) in [6, 6.07) is -0.621. The molecular formula is C19H32ClN3O3S. The molecular weight excluding hydrogens is 386 g/mol. The number of nitrogens with two attached hydrogens (primary N) is 1. The van der Waals surface area contributed by atoms with E-state index in [4.69, 9.17) is 5.73 Å². The van der Waals surface area contributed by atoms with Gasteiger partial charge in [0.05, 0.1) is 11.8 Å². The molecule has 4 atom stereocenters. The Balaban J connectivity index is 0.00000261. The molecule has 3 amide bonds. The van der Waals surface area contributed by atoms with Crippen LogP contribution in [0.25, 0.3) is 0 Å². The lowest BCUT2D eigenvalue weighted by Gasteiger charge is -2.44. The molecule has 3 aliphatic rings. The topological polar surface area (TPSA) is 83.7 Å². The second-order valence-electron chi connectivity index (χ2n) is 8.66. The van der Waals surface area contributed by atoms with Crippen molar-refractivity contribution in [2.75, 3.05) is 25.1 Å². The van der Waals surface area contributed by atoms with Gasteiger partial charge in [0.1, 0.15) is 6.04 Å². The van der Waals surface area contributed by atoms with Gasteiger partial charge < -0.3 is 10.6 Å². The van der Waals surface area contributed by atoms with E-state index in [-0.39, 0.29) is 53.4 Å². The van der Waals surface area contributed by atoms with Gasteiger partial charge in [-0.3, -0.25) is 19.3 Å². The molecule has 2 saturated heterocycles. The highest BCUT2D eigenvalue weighted by atomic mass is 35.5. The zero-order valence-corrected chi connectivity index (χ0v) is 18.1. The standard InChI is InChI=1S/C19H31N3O3S.ClH/c1-19(2)11-21(9-8-15(19)20)18(25)14(10-26-3)22-16(23)12-6-4-5-7-13(12)17(22)24;/h12-15H,4-11,20H2,1-3H3;1H. The molecule has 1 saturated carbocycles. The molecule has 154 valence electrons. The number of amides is 3. The Morgan fingerprint density at radius 3 is 2.22 bits per heavy atom. The summed E-state index contributed by atoms with van der Waals surface area (Å²) < 4.78 is 0. The predicted octanol–water partition coefficient (Wildman–Crippen LogP) is 1.90. The maximum absolute atomic E-state index is 13.3. The summed E-state index contributed by atoms with van der Waals surface area (Å²) >= 11 is 1.51. The first kappa shape index (κ1) is 22.5. The smallest absolute Gasteiger partial charge is 0.246 e. The molecule has 2 N–H and O–H groups in total. The highest BCUT2D eigenvalue weighted by Crippen LogP contribution is 2.39. The molecule has 3 fully saturated rings. The predicted molar refractivity (Wildman–Crippen MR) is 110 cm³/mol. The Kier molecular flexibility index (Phi) is 7.25. The highest BCUT2D eigenvalue weighted by molar-refractivity contribution is 7.98. The Morgan fingerprint density at radius 1 is 1.19 bits per heavy atom. The van der Waals surface area contributed by atoms with Gasteiger partial charge in [0.25, 0.3) is 0 Å². The molecule has 1 aliphatic carbocycles.